The molecular weight excluding hydrogens is 567 g/mol. The summed E-state index contributed by atoms with van der Waals surface area (Å²) in [5, 5.41) is 9.86. The largest absolute Gasteiger partial charge is 0.480 e. The van der Waals surface area contributed by atoms with E-state index >= 15 is 0 Å². The summed E-state index contributed by atoms with van der Waals surface area (Å²) in [6, 6.07) is 33.1. The fourth-order valence-electron chi connectivity index (χ4n) is 5.90. The number of carboxylic acid groups (broad SMARTS) is 1. The van der Waals surface area contributed by atoms with Crippen molar-refractivity contribution in [2.24, 2.45) is 0 Å². The summed E-state index contributed by atoms with van der Waals surface area (Å²) in [5.74, 6) is -1.25. The van der Waals surface area contributed by atoms with Crippen LogP contribution >= 0.6 is 0 Å². The minimum Gasteiger partial charge on any atom is -0.480 e. The van der Waals surface area contributed by atoms with Crippen molar-refractivity contribution in [3.8, 4) is 11.1 Å². The lowest BCUT2D eigenvalue weighted by molar-refractivity contribution is -0.138. The quantitative estimate of drug-likeness (QED) is 0.200. The lowest BCUT2D eigenvalue weighted by Gasteiger charge is -2.37. The number of benzene rings is 4. The Morgan fingerprint density at radius 2 is 1.30 bits per heavy atom. The van der Waals surface area contributed by atoms with Gasteiger partial charge in [-0.05, 0) is 52.9 Å². The van der Waals surface area contributed by atoms with Crippen LogP contribution in [0.25, 0.3) is 22.3 Å². The molecule has 220 valence electrons. The van der Waals surface area contributed by atoms with Crippen molar-refractivity contribution < 1.29 is 23.1 Å². The second-order valence-corrected chi connectivity index (χ2v) is 10.5. The van der Waals surface area contributed by atoms with Crippen molar-refractivity contribution in [2.75, 3.05) is 0 Å². The van der Waals surface area contributed by atoms with Crippen LogP contribution in [0.3, 0.4) is 0 Å². The number of rotatable bonds is 7. The monoisotopic (exact) mass is 593 g/mol. The molecule has 6 aromatic rings. The van der Waals surface area contributed by atoms with Gasteiger partial charge in [0.05, 0.1) is 11.1 Å². The molecule has 0 unspecified atom stereocenters. The Balaban J connectivity index is 1.75. The fourth-order valence-corrected chi connectivity index (χ4v) is 5.90. The minimum absolute atomic E-state index is 0.180. The van der Waals surface area contributed by atoms with E-state index in [1.165, 1.54) is 22.9 Å². The standard InChI is InChI=1S/C35H26F3N3O3/c1-23-17-18-28(35(36,37)38)20-29(23)24-19-30-32(39-21-24)41(33(44)40(30)22-31(42)43)34(25-11-5-2-6-12-25,26-13-7-3-8-14-26)27-15-9-4-10-16-27/h2-21H,22H2,1H3,(H,42,43). The second-order valence-electron chi connectivity index (χ2n) is 10.5. The Morgan fingerprint density at radius 1 is 0.773 bits per heavy atom. The van der Waals surface area contributed by atoms with E-state index in [1.54, 1.807) is 6.92 Å². The van der Waals surface area contributed by atoms with Crippen molar-refractivity contribution >= 4 is 17.1 Å². The smallest absolute Gasteiger partial charge is 0.416 e. The third-order valence-electron chi connectivity index (χ3n) is 7.85. The van der Waals surface area contributed by atoms with Crippen LogP contribution in [0.5, 0.6) is 0 Å². The van der Waals surface area contributed by atoms with Crippen LogP contribution in [0.15, 0.2) is 126 Å². The zero-order valence-corrected chi connectivity index (χ0v) is 23.5. The van der Waals surface area contributed by atoms with Crippen LogP contribution in [-0.2, 0) is 23.1 Å². The summed E-state index contributed by atoms with van der Waals surface area (Å²) < 4.78 is 43.5. The molecule has 0 fully saturated rings. The van der Waals surface area contributed by atoms with E-state index in [2.05, 4.69) is 4.98 Å². The Hall–Kier alpha value is -5.44. The molecule has 0 saturated heterocycles. The molecule has 0 atom stereocenters. The summed E-state index contributed by atoms with van der Waals surface area (Å²) in [6.07, 6.45) is -3.13. The molecule has 6 nitrogen and oxygen atoms in total. The van der Waals surface area contributed by atoms with Gasteiger partial charge in [0.2, 0.25) is 0 Å². The molecule has 2 heterocycles. The van der Waals surface area contributed by atoms with Gasteiger partial charge in [-0.1, -0.05) is 97.1 Å². The highest BCUT2D eigenvalue weighted by molar-refractivity contribution is 5.82. The molecule has 0 aliphatic heterocycles. The first-order valence-corrected chi connectivity index (χ1v) is 13.8. The minimum atomic E-state index is -4.56. The van der Waals surface area contributed by atoms with Gasteiger partial charge in [0.1, 0.15) is 12.1 Å². The number of fused-ring (bicyclic) bond motifs is 1. The highest BCUT2D eigenvalue weighted by Crippen LogP contribution is 2.42. The third kappa shape index (κ3) is 4.76. The first-order chi connectivity index (χ1) is 21.1. The highest BCUT2D eigenvalue weighted by Gasteiger charge is 2.42. The van der Waals surface area contributed by atoms with Crippen molar-refractivity contribution in [2.45, 2.75) is 25.2 Å². The predicted molar refractivity (Wildman–Crippen MR) is 161 cm³/mol. The molecule has 9 heteroatoms. The van der Waals surface area contributed by atoms with Crippen LogP contribution in [0.1, 0.15) is 27.8 Å². The Kier molecular flexibility index (Phi) is 7.17. The number of alkyl halides is 3. The van der Waals surface area contributed by atoms with Gasteiger partial charge in [-0.2, -0.15) is 13.2 Å². The molecule has 0 spiro atoms. The van der Waals surface area contributed by atoms with E-state index < -0.39 is 35.5 Å². The van der Waals surface area contributed by atoms with Crippen LogP contribution < -0.4 is 5.69 Å². The van der Waals surface area contributed by atoms with E-state index in [9.17, 15) is 27.9 Å². The van der Waals surface area contributed by atoms with Crippen LogP contribution in [-0.4, -0.2) is 25.2 Å². The average molecular weight is 594 g/mol. The molecule has 4 aromatic carbocycles. The SMILES string of the molecule is Cc1ccc(C(F)(F)F)cc1-c1cnc2c(c1)n(CC(=O)O)c(=O)n2C(c1ccccc1)(c1ccccc1)c1ccccc1. The van der Waals surface area contributed by atoms with E-state index in [0.717, 1.165) is 33.4 Å². The molecule has 2 aromatic heterocycles. The maximum Gasteiger partial charge on any atom is 0.416 e. The molecule has 0 aliphatic carbocycles. The number of hydrogen-bond acceptors (Lipinski definition) is 3. The van der Waals surface area contributed by atoms with Gasteiger partial charge in [-0.25, -0.2) is 9.78 Å². The van der Waals surface area contributed by atoms with Gasteiger partial charge in [-0.15, -0.1) is 0 Å². The molecule has 0 radical (unpaired) electrons. The number of nitrogens with zero attached hydrogens (tertiary/aromatic N) is 3. The third-order valence-corrected chi connectivity index (χ3v) is 7.85. The number of aliphatic carboxylic acids is 1. The molecule has 44 heavy (non-hydrogen) atoms. The molecule has 0 amide bonds. The summed E-state index contributed by atoms with van der Waals surface area (Å²) in [5.41, 5.74) is 0.968. The highest BCUT2D eigenvalue weighted by atomic mass is 19.4. The predicted octanol–water partition coefficient (Wildman–Crippen LogP) is 7.12. The maximum atomic E-state index is 14.6. The number of carboxylic acids is 1. The maximum absolute atomic E-state index is 14.6. The Bertz CT molecular complexity index is 1940. The van der Waals surface area contributed by atoms with Gasteiger partial charge in [0.25, 0.3) is 0 Å². The molecular formula is C35H26F3N3O3. The van der Waals surface area contributed by atoms with Gasteiger partial charge in [0, 0.05) is 11.8 Å². The Labute approximate surface area is 250 Å². The van der Waals surface area contributed by atoms with E-state index in [-0.39, 0.29) is 16.7 Å². The van der Waals surface area contributed by atoms with Crippen molar-refractivity contribution in [3.63, 3.8) is 0 Å². The van der Waals surface area contributed by atoms with E-state index in [0.29, 0.717) is 11.1 Å². The molecule has 1 N–H and O–H groups in total. The van der Waals surface area contributed by atoms with Crippen LogP contribution in [0.2, 0.25) is 0 Å². The molecule has 0 aliphatic rings. The van der Waals surface area contributed by atoms with E-state index in [1.807, 2.05) is 91.0 Å². The second kappa shape index (κ2) is 11.0. The summed E-state index contributed by atoms with van der Waals surface area (Å²) in [4.78, 5) is 31.3. The summed E-state index contributed by atoms with van der Waals surface area (Å²) >= 11 is 0. The van der Waals surface area contributed by atoms with Crippen molar-refractivity contribution in [1.82, 2.24) is 14.1 Å². The number of halogens is 3. The Morgan fingerprint density at radius 3 is 1.77 bits per heavy atom. The zero-order chi connectivity index (χ0) is 31.1. The molecule has 0 saturated carbocycles. The van der Waals surface area contributed by atoms with Gasteiger partial charge in [0.15, 0.2) is 5.65 Å². The van der Waals surface area contributed by atoms with Gasteiger partial charge >= 0.3 is 17.8 Å². The van der Waals surface area contributed by atoms with Crippen molar-refractivity contribution in [1.29, 1.82) is 0 Å². The summed E-state index contributed by atoms with van der Waals surface area (Å²) in [6.45, 7) is 1.00. The van der Waals surface area contributed by atoms with Crippen LogP contribution in [0.4, 0.5) is 13.2 Å². The van der Waals surface area contributed by atoms with E-state index in [4.69, 9.17) is 0 Å². The number of aromatic nitrogens is 3. The van der Waals surface area contributed by atoms with Crippen molar-refractivity contribution in [3.05, 3.63) is 160 Å². The topological polar surface area (TPSA) is 77.1 Å². The van der Waals surface area contributed by atoms with Gasteiger partial charge in [-0.3, -0.25) is 13.9 Å². The number of pyridine rings is 1. The molecule has 0 bridgehead atoms. The normalized spacial score (nSPS) is 12.0. The fraction of sp³-hybridized carbons (Fsp3) is 0.114. The lowest BCUT2D eigenvalue weighted by atomic mass is 9.76. The lowest BCUT2D eigenvalue weighted by Crippen LogP contribution is -2.45. The first kappa shape index (κ1) is 28.7. The number of imidazole rings is 1. The zero-order valence-electron chi connectivity index (χ0n) is 23.5. The van der Waals surface area contributed by atoms with Gasteiger partial charge < -0.3 is 5.11 Å². The molecule has 6 rings (SSSR count). The first-order valence-electron chi connectivity index (χ1n) is 13.8. The average Bonchev–Trinajstić information content (AvgIpc) is 3.29. The number of carbonyl (C=O) groups is 1. The number of hydrogen-bond donors (Lipinski definition) is 1. The summed E-state index contributed by atoms with van der Waals surface area (Å²) in [7, 11) is 0. The number of aryl methyl sites for hydroxylation is 1. The van der Waals surface area contributed by atoms with Crippen LogP contribution in [0, 0.1) is 6.92 Å².